The van der Waals surface area contributed by atoms with E-state index >= 15 is 0 Å². The van der Waals surface area contributed by atoms with Gasteiger partial charge in [0.05, 0.1) is 17.1 Å². The number of carbonyl (C=O) groups is 3. The van der Waals surface area contributed by atoms with E-state index in [2.05, 4.69) is 31.4 Å². The lowest BCUT2D eigenvalue weighted by Gasteiger charge is -2.46. The van der Waals surface area contributed by atoms with Crippen LogP contribution in [0.1, 0.15) is 81.1 Å². The first-order valence-electron chi connectivity index (χ1n) is 10.6. The van der Waals surface area contributed by atoms with Crippen LogP contribution in [0.5, 0.6) is 0 Å². The molecule has 1 aliphatic heterocycles. The van der Waals surface area contributed by atoms with Crippen LogP contribution in [0, 0.1) is 11.3 Å². The molecule has 2 N–H and O–H groups in total. The molecular weight excluding hydrogens is 353 g/mol. The van der Waals surface area contributed by atoms with E-state index in [0.717, 1.165) is 19.1 Å². The SMILES string of the molecule is CCC(C)(NBC(=O)C(C)(CC)N1CC(C)CC(C)(C)CC(C=O)N1)C(C)=O. The molecule has 0 aromatic carbocycles. The molecule has 0 spiro atoms. The van der Waals surface area contributed by atoms with Crippen molar-refractivity contribution in [3.8, 4) is 0 Å². The van der Waals surface area contributed by atoms with Crippen molar-refractivity contribution in [1.82, 2.24) is 15.7 Å². The van der Waals surface area contributed by atoms with E-state index in [1.165, 1.54) is 0 Å². The van der Waals surface area contributed by atoms with Crippen molar-refractivity contribution in [3.63, 3.8) is 0 Å². The lowest BCUT2D eigenvalue weighted by atomic mass is 9.70. The highest BCUT2D eigenvalue weighted by Crippen LogP contribution is 2.34. The van der Waals surface area contributed by atoms with Crippen LogP contribution in [0.15, 0.2) is 0 Å². The summed E-state index contributed by atoms with van der Waals surface area (Å²) >= 11 is 0. The number of rotatable bonds is 9. The molecule has 28 heavy (non-hydrogen) atoms. The minimum atomic E-state index is -0.755. The van der Waals surface area contributed by atoms with Crippen molar-refractivity contribution in [2.24, 2.45) is 11.3 Å². The molecule has 1 fully saturated rings. The quantitative estimate of drug-likeness (QED) is 0.462. The molecule has 0 saturated carbocycles. The van der Waals surface area contributed by atoms with Crippen molar-refractivity contribution in [3.05, 3.63) is 0 Å². The van der Waals surface area contributed by atoms with Crippen LogP contribution in [-0.4, -0.2) is 53.8 Å². The van der Waals surface area contributed by atoms with Gasteiger partial charge in [-0.15, -0.1) is 0 Å². The zero-order chi connectivity index (χ0) is 21.8. The van der Waals surface area contributed by atoms with E-state index in [4.69, 9.17) is 0 Å². The second-order valence-electron chi connectivity index (χ2n) is 9.81. The van der Waals surface area contributed by atoms with Crippen molar-refractivity contribution in [2.75, 3.05) is 6.54 Å². The number of nitrogens with one attached hydrogen (secondary N) is 2. The van der Waals surface area contributed by atoms with Crippen LogP contribution in [0.3, 0.4) is 0 Å². The molecule has 0 aromatic heterocycles. The van der Waals surface area contributed by atoms with Gasteiger partial charge in [0.25, 0.3) is 7.41 Å². The van der Waals surface area contributed by atoms with E-state index in [0.29, 0.717) is 25.3 Å². The molecule has 1 saturated heterocycles. The molecule has 1 aliphatic rings. The second-order valence-corrected chi connectivity index (χ2v) is 9.81. The Balaban J connectivity index is 3.04. The molecular formula is C21H40BN3O3. The Kier molecular flexibility index (Phi) is 8.60. The van der Waals surface area contributed by atoms with Gasteiger partial charge in [-0.05, 0) is 57.8 Å². The Hall–Kier alpha value is -1.05. The summed E-state index contributed by atoms with van der Waals surface area (Å²) in [6, 6.07) is -0.313. The molecule has 0 radical (unpaired) electrons. The van der Waals surface area contributed by atoms with Gasteiger partial charge >= 0.3 is 0 Å². The summed E-state index contributed by atoms with van der Waals surface area (Å²) in [5.74, 6) is 0.419. The molecule has 1 heterocycles. The van der Waals surface area contributed by atoms with Crippen molar-refractivity contribution >= 4 is 25.2 Å². The van der Waals surface area contributed by atoms with Crippen molar-refractivity contribution < 1.29 is 14.4 Å². The van der Waals surface area contributed by atoms with Crippen molar-refractivity contribution in [1.29, 1.82) is 0 Å². The second kappa shape index (κ2) is 9.64. The zero-order valence-corrected chi connectivity index (χ0v) is 19.1. The summed E-state index contributed by atoms with van der Waals surface area (Å²) in [6.07, 6.45) is 3.93. The molecule has 0 amide bonds. The van der Waals surface area contributed by atoms with E-state index in [1.54, 1.807) is 6.92 Å². The lowest BCUT2D eigenvalue weighted by molar-refractivity contribution is -0.130. The Morgan fingerprint density at radius 2 is 1.86 bits per heavy atom. The Morgan fingerprint density at radius 3 is 2.32 bits per heavy atom. The number of hydrazine groups is 1. The normalized spacial score (nSPS) is 27.6. The first-order valence-corrected chi connectivity index (χ1v) is 10.6. The third-order valence-electron chi connectivity index (χ3n) is 6.66. The fraction of sp³-hybridized carbons (Fsp3) is 0.857. The molecule has 4 unspecified atom stereocenters. The summed E-state index contributed by atoms with van der Waals surface area (Å²) in [6.45, 7) is 16.5. The van der Waals surface area contributed by atoms with Crippen LogP contribution >= 0.6 is 0 Å². The predicted molar refractivity (Wildman–Crippen MR) is 115 cm³/mol. The van der Waals surface area contributed by atoms with E-state index in [-0.39, 0.29) is 30.3 Å². The average molecular weight is 393 g/mol. The van der Waals surface area contributed by atoms with Gasteiger partial charge < -0.3 is 14.8 Å². The number of hydrogen-bond donors (Lipinski definition) is 2. The van der Waals surface area contributed by atoms with Gasteiger partial charge in [-0.2, -0.15) is 0 Å². The van der Waals surface area contributed by atoms with Crippen LogP contribution in [0.4, 0.5) is 0 Å². The monoisotopic (exact) mass is 393 g/mol. The Morgan fingerprint density at radius 1 is 1.25 bits per heavy atom. The number of carbonyl (C=O) groups excluding carboxylic acids is 3. The highest BCUT2D eigenvalue weighted by atomic mass is 16.1. The first-order chi connectivity index (χ1) is 12.8. The average Bonchev–Trinajstić information content (AvgIpc) is 2.61. The number of aldehydes is 1. The Bertz CT molecular complexity index is 583. The molecule has 0 bridgehead atoms. The molecule has 4 atom stereocenters. The molecule has 160 valence electrons. The highest BCUT2D eigenvalue weighted by molar-refractivity contribution is 6.74. The summed E-state index contributed by atoms with van der Waals surface area (Å²) in [4.78, 5) is 36.9. The van der Waals surface area contributed by atoms with Gasteiger partial charge in [-0.3, -0.25) is 4.79 Å². The Labute approximate surface area is 171 Å². The fourth-order valence-corrected chi connectivity index (χ4v) is 4.22. The fourth-order valence-electron chi connectivity index (χ4n) is 4.22. The maximum absolute atomic E-state index is 13.3. The molecule has 0 aromatic rings. The summed E-state index contributed by atoms with van der Waals surface area (Å²) < 4.78 is 0. The molecule has 0 aliphatic carbocycles. The maximum Gasteiger partial charge on any atom is 0.286 e. The summed E-state index contributed by atoms with van der Waals surface area (Å²) in [5.41, 5.74) is 2.00. The van der Waals surface area contributed by atoms with Gasteiger partial charge in [-0.25, -0.2) is 10.4 Å². The minimum absolute atomic E-state index is 0.0279. The summed E-state index contributed by atoms with van der Waals surface area (Å²) in [5, 5.41) is 5.16. The lowest BCUT2D eigenvalue weighted by Crippen LogP contribution is -2.66. The van der Waals surface area contributed by atoms with Gasteiger partial charge in [0, 0.05) is 6.54 Å². The van der Waals surface area contributed by atoms with Gasteiger partial charge in [0.1, 0.15) is 17.8 Å². The van der Waals surface area contributed by atoms with Crippen molar-refractivity contribution in [2.45, 2.75) is 98.2 Å². The standard InChI is InChI=1S/C21H40BN3O3/c1-9-20(7,16(4)27)24-22-18(28)21(8,10-2)25-13-15(3)11-19(5,6)12-17(14-26)23-25/h14-15,17,22-24H,9-13H2,1-8H3. The highest BCUT2D eigenvalue weighted by Gasteiger charge is 2.42. The van der Waals surface area contributed by atoms with Crippen LogP contribution in [0.2, 0.25) is 0 Å². The van der Waals surface area contributed by atoms with Gasteiger partial charge in [0.15, 0.2) is 0 Å². The van der Waals surface area contributed by atoms with Crippen LogP contribution in [-0.2, 0) is 14.4 Å². The largest absolute Gasteiger partial charge is 0.341 e. The van der Waals surface area contributed by atoms with Crippen LogP contribution in [0.25, 0.3) is 0 Å². The molecule has 1 rings (SSSR count). The zero-order valence-electron chi connectivity index (χ0n) is 19.1. The van der Waals surface area contributed by atoms with Crippen LogP contribution < -0.4 is 10.7 Å². The molecule has 7 heteroatoms. The third-order valence-corrected chi connectivity index (χ3v) is 6.66. The topological polar surface area (TPSA) is 78.5 Å². The predicted octanol–water partition coefficient (Wildman–Crippen LogP) is 2.21. The number of hydrogen-bond acceptors (Lipinski definition) is 6. The summed E-state index contributed by atoms with van der Waals surface area (Å²) in [7, 11) is 0.123. The smallest absolute Gasteiger partial charge is 0.286 e. The van der Waals surface area contributed by atoms with E-state index < -0.39 is 11.1 Å². The molecule has 6 nitrogen and oxygen atoms in total. The number of nitrogens with zero attached hydrogens (tertiary/aromatic N) is 1. The third kappa shape index (κ3) is 5.98. The first kappa shape index (κ1) is 25.0. The van der Waals surface area contributed by atoms with E-state index in [9.17, 15) is 14.4 Å². The number of Topliss-reactive ketones (excluding diaryl/α,β-unsaturated/α-hetero) is 1. The van der Waals surface area contributed by atoms with Gasteiger partial charge in [-0.1, -0.05) is 34.6 Å². The van der Waals surface area contributed by atoms with Gasteiger partial charge in [0.2, 0.25) is 0 Å². The van der Waals surface area contributed by atoms with E-state index in [1.807, 2.05) is 32.7 Å². The maximum atomic E-state index is 13.3. The number of ketones is 1. The minimum Gasteiger partial charge on any atom is -0.341 e.